The van der Waals surface area contributed by atoms with E-state index in [0.717, 1.165) is 63.7 Å². The number of carbonyl (C=O) groups excluding carboxylic acids is 4. The maximum absolute atomic E-state index is 14.9. The lowest BCUT2D eigenvalue weighted by atomic mass is 9.98. The number of likely N-dealkylation sites (tertiary alicyclic amines) is 2. The molecule has 0 unspecified atom stereocenters. The molecule has 14 nitrogen and oxygen atoms in total. The van der Waals surface area contributed by atoms with Crippen LogP contribution in [-0.2, 0) is 19.1 Å². The average Bonchev–Trinajstić information content (AvgIpc) is 4.14. The standard InChI is InChI=1S/C47H49FN8O6/c1-27(2)40(53-46(59)61-3)44(57)55-21-7-11-38(55)43-50-26-37(52-43)33-20-19-31-23-30(17-18-32(31)24-33)28-13-15-29(16-14-28)36-25-49-42(51-36)39-12-8-22-56(39)45(58)41(54-47(60)62-4)34-9-5-6-10-35(34)48/h5-6,9-10,13-20,23-27,38-41H,7-8,11-12,21-22H2,1-4H3,(H,49,51)(H,50,52)(H,53,59)(H,54,60)/t38-,39-,40-,41+/m0/s1. The molecule has 4 heterocycles. The largest absolute Gasteiger partial charge is 0.453 e. The molecule has 2 saturated heterocycles. The number of hydrogen-bond acceptors (Lipinski definition) is 8. The molecule has 62 heavy (non-hydrogen) atoms. The van der Waals surface area contributed by atoms with Gasteiger partial charge in [-0.3, -0.25) is 9.59 Å². The number of imidazole rings is 2. The Labute approximate surface area is 358 Å². The molecule has 4 atom stereocenters. The van der Waals surface area contributed by atoms with Gasteiger partial charge in [0, 0.05) is 24.2 Å². The summed E-state index contributed by atoms with van der Waals surface area (Å²) in [5, 5.41) is 7.36. The van der Waals surface area contributed by atoms with E-state index >= 15 is 0 Å². The van der Waals surface area contributed by atoms with Gasteiger partial charge in [-0.2, -0.15) is 0 Å². The summed E-state index contributed by atoms with van der Waals surface area (Å²) in [6, 6.07) is 24.1. The van der Waals surface area contributed by atoms with E-state index in [0.29, 0.717) is 31.2 Å². The zero-order chi connectivity index (χ0) is 43.5. The minimum Gasteiger partial charge on any atom is -0.453 e. The topological polar surface area (TPSA) is 175 Å². The number of benzene rings is 4. The Morgan fingerprint density at radius 2 is 1.19 bits per heavy atom. The molecule has 2 aliphatic heterocycles. The van der Waals surface area contributed by atoms with Crippen molar-refractivity contribution in [3.8, 4) is 33.6 Å². The second-order valence-corrected chi connectivity index (χ2v) is 16.0. The summed E-state index contributed by atoms with van der Waals surface area (Å²) in [4.78, 5) is 71.4. The number of H-pyrrole nitrogens is 2. The van der Waals surface area contributed by atoms with Crippen molar-refractivity contribution in [2.24, 2.45) is 5.92 Å². The fourth-order valence-electron chi connectivity index (χ4n) is 8.57. The van der Waals surface area contributed by atoms with Crippen molar-refractivity contribution in [1.82, 2.24) is 40.4 Å². The van der Waals surface area contributed by atoms with Gasteiger partial charge in [-0.1, -0.05) is 80.6 Å². The molecule has 2 aliphatic rings. The summed E-state index contributed by atoms with van der Waals surface area (Å²) in [6.45, 7) is 4.81. The summed E-state index contributed by atoms with van der Waals surface area (Å²) in [6.07, 6.45) is 5.08. The van der Waals surface area contributed by atoms with Crippen molar-refractivity contribution in [2.45, 2.75) is 63.7 Å². The van der Waals surface area contributed by atoms with Gasteiger partial charge in [-0.15, -0.1) is 0 Å². The highest BCUT2D eigenvalue weighted by atomic mass is 19.1. The van der Waals surface area contributed by atoms with Crippen LogP contribution in [0.3, 0.4) is 0 Å². The first kappa shape index (κ1) is 41.7. The van der Waals surface area contributed by atoms with E-state index in [9.17, 15) is 23.6 Å². The van der Waals surface area contributed by atoms with Crippen LogP contribution in [0.2, 0.25) is 0 Å². The van der Waals surface area contributed by atoms with Crippen molar-refractivity contribution in [1.29, 1.82) is 0 Å². The fraction of sp³-hybridized carbons (Fsp3) is 0.319. The van der Waals surface area contributed by atoms with Crippen LogP contribution >= 0.6 is 0 Å². The number of ether oxygens (including phenoxy) is 2. The van der Waals surface area contributed by atoms with E-state index in [-0.39, 0.29) is 29.5 Å². The predicted molar refractivity (Wildman–Crippen MR) is 231 cm³/mol. The highest BCUT2D eigenvalue weighted by molar-refractivity contribution is 5.91. The molecular formula is C47H49FN8O6. The van der Waals surface area contributed by atoms with Crippen LogP contribution in [-0.4, -0.2) is 87.1 Å². The summed E-state index contributed by atoms with van der Waals surface area (Å²) >= 11 is 0. The Morgan fingerprint density at radius 1 is 0.677 bits per heavy atom. The Hall–Kier alpha value is -7.03. The highest BCUT2D eigenvalue weighted by Gasteiger charge is 2.39. The van der Waals surface area contributed by atoms with Gasteiger partial charge < -0.3 is 39.9 Å². The number of nitrogens with zero attached hydrogens (tertiary/aromatic N) is 4. The lowest BCUT2D eigenvalue weighted by Crippen LogP contribution is -2.51. The van der Waals surface area contributed by atoms with Crippen molar-refractivity contribution in [3.05, 3.63) is 120 Å². The van der Waals surface area contributed by atoms with Gasteiger partial charge in [0.15, 0.2) is 0 Å². The van der Waals surface area contributed by atoms with Crippen LogP contribution in [0.15, 0.2) is 97.3 Å². The quantitative estimate of drug-likeness (QED) is 0.101. The SMILES string of the molecule is COC(=O)N[C@H](C(=O)N1CCC[C@H]1c1ncc(-c2ccc3cc(-c4ccc(-c5cnc([C@@H]6CCCN6C(=O)[C@H](NC(=O)OC)c6ccccc6F)[nH]5)cc4)ccc3c2)[nH]1)C(C)C. The molecule has 0 aliphatic carbocycles. The van der Waals surface area contributed by atoms with E-state index in [2.05, 4.69) is 74.1 Å². The zero-order valence-electron chi connectivity index (χ0n) is 35.0. The molecule has 6 aromatic rings. The third kappa shape index (κ3) is 8.47. The number of amides is 4. The first-order valence-corrected chi connectivity index (χ1v) is 20.8. The number of methoxy groups -OCH3 is 2. The van der Waals surface area contributed by atoms with Gasteiger partial charge in [0.2, 0.25) is 5.91 Å². The molecule has 2 fully saturated rings. The third-order valence-corrected chi connectivity index (χ3v) is 11.9. The Morgan fingerprint density at radius 3 is 1.79 bits per heavy atom. The predicted octanol–water partition coefficient (Wildman–Crippen LogP) is 8.23. The number of aromatic amines is 2. The number of alkyl carbamates (subject to hydrolysis) is 2. The molecule has 0 spiro atoms. The third-order valence-electron chi connectivity index (χ3n) is 11.9. The smallest absolute Gasteiger partial charge is 0.407 e. The Kier molecular flexibility index (Phi) is 12.0. The molecule has 320 valence electrons. The first-order chi connectivity index (χ1) is 30.0. The molecule has 8 rings (SSSR count). The number of fused-ring (bicyclic) bond motifs is 1. The Balaban J connectivity index is 0.946. The van der Waals surface area contributed by atoms with Gasteiger partial charge in [-0.25, -0.2) is 23.9 Å². The minimum absolute atomic E-state index is 0.0604. The molecule has 15 heteroatoms. The summed E-state index contributed by atoms with van der Waals surface area (Å²) < 4.78 is 24.4. The van der Waals surface area contributed by atoms with Crippen molar-refractivity contribution < 1.29 is 33.0 Å². The second-order valence-electron chi connectivity index (χ2n) is 16.0. The summed E-state index contributed by atoms with van der Waals surface area (Å²) in [7, 11) is 2.48. The number of nitrogens with one attached hydrogen (secondary N) is 4. The van der Waals surface area contributed by atoms with E-state index in [4.69, 9.17) is 14.5 Å². The molecule has 0 bridgehead atoms. The molecular weight excluding hydrogens is 792 g/mol. The molecule has 4 N–H and O–H groups in total. The Bertz CT molecular complexity index is 2610. The van der Waals surface area contributed by atoms with Gasteiger partial charge >= 0.3 is 12.2 Å². The van der Waals surface area contributed by atoms with Crippen molar-refractivity contribution in [3.63, 3.8) is 0 Å². The number of aromatic nitrogens is 4. The summed E-state index contributed by atoms with van der Waals surface area (Å²) in [5.74, 6) is 0.0192. The zero-order valence-corrected chi connectivity index (χ0v) is 35.0. The monoisotopic (exact) mass is 840 g/mol. The maximum Gasteiger partial charge on any atom is 0.407 e. The van der Waals surface area contributed by atoms with Gasteiger partial charge in [-0.05, 0) is 77.3 Å². The van der Waals surface area contributed by atoms with Gasteiger partial charge in [0.25, 0.3) is 5.91 Å². The average molecular weight is 841 g/mol. The number of rotatable bonds is 11. The van der Waals surface area contributed by atoms with Crippen LogP contribution in [0.1, 0.15) is 74.9 Å². The van der Waals surface area contributed by atoms with E-state index in [1.165, 1.54) is 32.4 Å². The molecule has 2 aromatic heterocycles. The lowest BCUT2D eigenvalue weighted by molar-refractivity contribution is -0.136. The minimum atomic E-state index is -1.26. The normalized spacial score (nSPS) is 17.3. The molecule has 4 aromatic carbocycles. The van der Waals surface area contributed by atoms with Crippen LogP contribution in [0.4, 0.5) is 14.0 Å². The van der Waals surface area contributed by atoms with E-state index < -0.39 is 36.0 Å². The van der Waals surface area contributed by atoms with Crippen molar-refractivity contribution in [2.75, 3.05) is 27.3 Å². The van der Waals surface area contributed by atoms with Crippen LogP contribution in [0, 0.1) is 11.7 Å². The number of carbonyl (C=O) groups is 4. The van der Waals surface area contributed by atoms with Crippen LogP contribution in [0.5, 0.6) is 0 Å². The molecule has 4 amide bonds. The fourth-order valence-corrected chi connectivity index (χ4v) is 8.57. The lowest BCUT2D eigenvalue weighted by Gasteiger charge is -2.30. The van der Waals surface area contributed by atoms with E-state index in [1.54, 1.807) is 28.3 Å². The molecule has 0 radical (unpaired) electrons. The van der Waals surface area contributed by atoms with Gasteiger partial charge in [0.1, 0.15) is 29.5 Å². The highest BCUT2D eigenvalue weighted by Crippen LogP contribution is 2.36. The van der Waals surface area contributed by atoms with Crippen LogP contribution < -0.4 is 10.6 Å². The van der Waals surface area contributed by atoms with Crippen LogP contribution in [0.25, 0.3) is 44.4 Å². The maximum atomic E-state index is 14.9. The molecule has 0 saturated carbocycles. The number of halogens is 1. The first-order valence-electron chi connectivity index (χ1n) is 20.8. The van der Waals surface area contributed by atoms with Crippen molar-refractivity contribution >= 4 is 34.8 Å². The second kappa shape index (κ2) is 17.9. The van der Waals surface area contributed by atoms with Gasteiger partial charge in [0.05, 0.1) is 50.1 Å². The summed E-state index contributed by atoms with van der Waals surface area (Å²) in [5.41, 5.74) is 5.70. The number of hydrogen-bond donors (Lipinski definition) is 4. The van der Waals surface area contributed by atoms with E-state index in [1.807, 2.05) is 26.0 Å².